The fourth-order valence-electron chi connectivity index (χ4n) is 1.03. The van der Waals surface area contributed by atoms with Crippen molar-refractivity contribution in [3.63, 3.8) is 0 Å². The molecule has 15 heavy (non-hydrogen) atoms. The van der Waals surface area contributed by atoms with Crippen LogP contribution in [0.1, 0.15) is 26.7 Å². The summed E-state index contributed by atoms with van der Waals surface area (Å²) < 4.78 is 17.0. The summed E-state index contributed by atoms with van der Waals surface area (Å²) in [7, 11) is 0. The van der Waals surface area contributed by atoms with Crippen LogP contribution in [0.5, 0.6) is 0 Å². The highest BCUT2D eigenvalue weighted by molar-refractivity contribution is 5.65. The van der Waals surface area contributed by atoms with Crippen LogP contribution in [-0.2, 0) is 9.53 Å². The minimum atomic E-state index is -0.453. The van der Waals surface area contributed by atoms with Crippen LogP contribution in [0.3, 0.4) is 0 Å². The molecule has 0 aliphatic carbocycles. The van der Waals surface area contributed by atoms with Crippen molar-refractivity contribution in [2.24, 2.45) is 0 Å². The predicted octanol–water partition coefficient (Wildman–Crippen LogP) is 3.32. The van der Waals surface area contributed by atoms with Gasteiger partial charge in [0.15, 0.2) is 0 Å². The standard InChI is InChI=1S/C12H17FO2/c1-4-12(7-5-6-10(2)13)8-9-15-11(3)14/h4-6H,2,7-9H2,1,3H3/b6-5-,12-4+. The van der Waals surface area contributed by atoms with E-state index in [2.05, 4.69) is 6.58 Å². The summed E-state index contributed by atoms with van der Waals surface area (Å²) in [6.45, 7) is 6.78. The molecule has 0 aliphatic rings. The number of allylic oxidation sites excluding steroid dienone is 4. The van der Waals surface area contributed by atoms with Gasteiger partial charge in [-0.15, -0.1) is 0 Å². The Kier molecular flexibility index (Phi) is 7.24. The lowest BCUT2D eigenvalue weighted by atomic mass is 10.1. The highest BCUT2D eigenvalue weighted by atomic mass is 19.1. The van der Waals surface area contributed by atoms with Crippen LogP contribution in [0, 0.1) is 0 Å². The molecule has 0 radical (unpaired) electrons. The molecule has 3 heteroatoms. The highest BCUT2D eigenvalue weighted by Gasteiger charge is 1.96. The van der Waals surface area contributed by atoms with Gasteiger partial charge in [0.05, 0.1) is 6.61 Å². The number of rotatable bonds is 6. The molecule has 0 aromatic rings. The Morgan fingerprint density at radius 3 is 2.67 bits per heavy atom. The topological polar surface area (TPSA) is 26.3 Å². The minimum Gasteiger partial charge on any atom is -0.466 e. The summed E-state index contributed by atoms with van der Waals surface area (Å²) in [6, 6.07) is 0. The molecular weight excluding hydrogens is 195 g/mol. The van der Waals surface area contributed by atoms with Gasteiger partial charge in [0, 0.05) is 13.3 Å². The van der Waals surface area contributed by atoms with Crippen molar-refractivity contribution >= 4 is 5.97 Å². The molecule has 0 aromatic heterocycles. The van der Waals surface area contributed by atoms with Crippen molar-refractivity contribution in [3.05, 3.63) is 36.2 Å². The summed E-state index contributed by atoms with van der Waals surface area (Å²) in [5.41, 5.74) is 1.11. The van der Waals surface area contributed by atoms with Gasteiger partial charge in [0.2, 0.25) is 0 Å². The zero-order chi connectivity index (χ0) is 11.7. The molecule has 0 rings (SSSR count). The first kappa shape index (κ1) is 13.6. The Hall–Kier alpha value is -1.38. The van der Waals surface area contributed by atoms with E-state index in [1.54, 1.807) is 6.08 Å². The van der Waals surface area contributed by atoms with Gasteiger partial charge in [0.25, 0.3) is 0 Å². The second kappa shape index (κ2) is 7.97. The third-order valence-electron chi connectivity index (χ3n) is 1.82. The van der Waals surface area contributed by atoms with E-state index in [-0.39, 0.29) is 5.97 Å². The van der Waals surface area contributed by atoms with E-state index in [1.807, 2.05) is 13.0 Å². The van der Waals surface area contributed by atoms with Crippen LogP contribution in [-0.4, -0.2) is 12.6 Å². The monoisotopic (exact) mass is 212 g/mol. The summed E-state index contributed by atoms with van der Waals surface area (Å²) >= 11 is 0. The van der Waals surface area contributed by atoms with Crippen molar-refractivity contribution < 1.29 is 13.9 Å². The highest BCUT2D eigenvalue weighted by Crippen LogP contribution is 2.09. The maximum atomic E-state index is 12.2. The zero-order valence-corrected chi connectivity index (χ0v) is 9.25. The lowest BCUT2D eigenvalue weighted by Crippen LogP contribution is -2.01. The van der Waals surface area contributed by atoms with Gasteiger partial charge in [-0.05, 0) is 19.4 Å². The van der Waals surface area contributed by atoms with Gasteiger partial charge in [-0.2, -0.15) is 0 Å². The van der Waals surface area contributed by atoms with Crippen LogP contribution >= 0.6 is 0 Å². The molecule has 0 amide bonds. The fourth-order valence-corrected chi connectivity index (χ4v) is 1.03. The first-order chi connectivity index (χ1) is 7.06. The van der Waals surface area contributed by atoms with Gasteiger partial charge >= 0.3 is 5.97 Å². The van der Waals surface area contributed by atoms with Gasteiger partial charge in [0.1, 0.15) is 5.83 Å². The molecule has 0 spiro atoms. The molecular formula is C12H17FO2. The molecule has 0 saturated carbocycles. The molecule has 0 N–H and O–H groups in total. The average molecular weight is 212 g/mol. The molecule has 2 nitrogen and oxygen atoms in total. The maximum Gasteiger partial charge on any atom is 0.302 e. The Morgan fingerprint density at radius 1 is 1.53 bits per heavy atom. The first-order valence-corrected chi connectivity index (χ1v) is 4.84. The number of carbonyl (C=O) groups is 1. The lowest BCUT2D eigenvalue weighted by Gasteiger charge is -2.04. The first-order valence-electron chi connectivity index (χ1n) is 4.84. The van der Waals surface area contributed by atoms with Crippen LogP contribution < -0.4 is 0 Å². The number of hydrogen-bond acceptors (Lipinski definition) is 2. The van der Waals surface area contributed by atoms with E-state index in [0.717, 1.165) is 5.57 Å². The molecule has 0 aliphatic heterocycles. The molecule has 0 saturated heterocycles. The van der Waals surface area contributed by atoms with Gasteiger partial charge in [-0.3, -0.25) is 4.79 Å². The maximum absolute atomic E-state index is 12.2. The lowest BCUT2D eigenvalue weighted by molar-refractivity contribution is -0.140. The van der Waals surface area contributed by atoms with Crippen LogP contribution in [0.15, 0.2) is 36.2 Å². The normalized spacial score (nSPS) is 11.8. The number of halogens is 1. The third-order valence-corrected chi connectivity index (χ3v) is 1.82. The van der Waals surface area contributed by atoms with Crippen molar-refractivity contribution in [3.8, 4) is 0 Å². The SMILES string of the molecule is C=C(F)/C=C\C/C(=C\C)CCOC(C)=O. The van der Waals surface area contributed by atoms with E-state index >= 15 is 0 Å². The Balaban J connectivity index is 3.85. The number of hydrogen-bond donors (Lipinski definition) is 0. The van der Waals surface area contributed by atoms with Crippen molar-refractivity contribution in [2.45, 2.75) is 26.7 Å². The van der Waals surface area contributed by atoms with Crippen LogP contribution in [0.2, 0.25) is 0 Å². The average Bonchev–Trinajstić information content (AvgIpc) is 2.14. The Bertz CT molecular complexity index is 277. The summed E-state index contributed by atoms with van der Waals surface area (Å²) in [6.07, 6.45) is 6.30. The predicted molar refractivity (Wildman–Crippen MR) is 59.0 cm³/mol. The smallest absolute Gasteiger partial charge is 0.302 e. The minimum absolute atomic E-state index is 0.280. The Labute approximate surface area is 90.1 Å². The quantitative estimate of drug-likeness (QED) is 0.383. The summed E-state index contributed by atoms with van der Waals surface area (Å²) in [5, 5.41) is 0. The molecule has 0 bridgehead atoms. The number of carbonyl (C=O) groups excluding carboxylic acids is 1. The van der Waals surface area contributed by atoms with Gasteiger partial charge in [-0.1, -0.05) is 24.3 Å². The van der Waals surface area contributed by atoms with Crippen molar-refractivity contribution in [1.29, 1.82) is 0 Å². The van der Waals surface area contributed by atoms with Gasteiger partial charge < -0.3 is 4.74 Å². The Morgan fingerprint density at radius 2 is 2.20 bits per heavy atom. The van der Waals surface area contributed by atoms with E-state index in [1.165, 1.54) is 13.0 Å². The number of esters is 1. The molecule has 0 unspecified atom stereocenters. The van der Waals surface area contributed by atoms with E-state index < -0.39 is 5.83 Å². The van der Waals surface area contributed by atoms with Crippen molar-refractivity contribution in [1.82, 2.24) is 0 Å². The van der Waals surface area contributed by atoms with Crippen LogP contribution in [0.25, 0.3) is 0 Å². The van der Waals surface area contributed by atoms with E-state index in [9.17, 15) is 9.18 Å². The second-order valence-electron chi connectivity index (χ2n) is 3.09. The fraction of sp³-hybridized carbons (Fsp3) is 0.417. The number of ether oxygens (including phenoxy) is 1. The zero-order valence-electron chi connectivity index (χ0n) is 9.25. The second-order valence-corrected chi connectivity index (χ2v) is 3.09. The molecule has 0 aromatic carbocycles. The molecule has 0 atom stereocenters. The van der Waals surface area contributed by atoms with Crippen molar-refractivity contribution in [2.75, 3.05) is 6.61 Å². The van der Waals surface area contributed by atoms with Crippen LogP contribution in [0.4, 0.5) is 4.39 Å². The van der Waals surface area contributed by atoms with Gasteiger partial charge in [-0.25, -0.2) is 4.39 Å². The molecule has 84 valence electrons. The van der Waals surface area contributed by atoms with E-state index in [4.69, 9.17) is 4.74 Å². The summed E-state index contributed by atoms with van der Waals surface area (Å²) in [5.74, 6) is -0.733. The van der Waals surface area contributed by atoms with E-state index in [0.29, 0.717) is 19.4 Å². The summed E-state index contributed by atoms with van der Waals surface area (Å²) in [4.78, 5) is 10.5. The molecule has 0 fully saturated rings. The molecule has 0 heterocycles. The largest absolute Gasteiger partial charge is 0.466 e. The third kappa shape index (κ3) is 8.94.